The summed E-state index contributed by atoms with van der Waals surface area (Å²) in [6.07, 6.45) is 19.0. The number of aliphatic hydroxyl groups is 1. The van der Waals surface area contributed by atoms with Crippen LogP contribution in [-0.4, -0.2) is 89.7 Å². The molecule has 0 radical (unpaired) electrons. The summed E-state index contributed by atoms with van der Waals surface area (Å²) in [5, 5.41) is 12.2. The second kappa shape index (κ2) is 25.3. The van der Waals surface area contributed by atoms with Crippen molar-refractivity contribution in [3.05, 3.63) is 98.6 Å². The van der Waals surface area contributed by atoms with E-state index in [0.29, 0.717) is 26.5 Å². The average Bonchev–Trinajstić information content (AvgIpc) is 4.07. The number of hydrogen-bond donors (Lipinski definition) is 3. The molecule has 70 heavy (non-hydrogen) atoms. The largest absolute Gasteiger partial charge is 0.392 e. The molecule has 2 saturated carbocycles. The van der Waals surface area contributed by atoms with E-state index in [2.05, 4.69) is 98.1 Å². The molecular weight excluding hydrogens is 978 g/mol. The van der Waals surface area contributed by atoms with Crippen LogP contribution >= 0.6 is 35.7 Å². The molecule has 9 rings (SSSR count). The van der Waals surface area contributed by atoms with Crippen molar-refractivity contribution in [2.75, 3.05) is 44.7 Å². The normalized spacial score (nSPS) is 21.2. The number of aliphatic imine (C=N–C) groups is 1. The predicted molar refractivity (Wildman–Crippen MR) is 295 cm³/mol. The zero-order chi connectivity index (χ0) is 49.8. The highest BCUT2D eigenvalue weighted by Gasteiger charge is 2.50. The van der Waals surface area contributed by atoms with E-state index in [1.807, 2.05) is 50.7 Å². The molecule has 2 aliphatic carbocycles. The zero-order valence-corrected chi connectivity index (χ0v) is 45.8. The first-order valence-electron chi connectivity index (χ1n) is 25.7. The van der Waals surface area contributed by atoms with Crippen LogP contribution < -0.4 is 16.1 Å². The molecule has 0 bridgehead atoms. The molecule has 4 N–H and O–H groups in total. The van der Waals surface area contributed by atoms with Crippen LogP contribution in [0.15, 0.2) is 75.6 Å². The van der Waals surface area contributed by atoms with Crippen LogP contribution in [-0.2, 0) is 14.8 Å². The number of fused-ring (bicyclic) bond motifs is 2. The van der Waals surface area contributed by atoms with E-state index in [1.54, 1.807) is 11.3 Å². The molecule has 2 atom stereocenters. The van der Waals surface area contributed by atoms with Gasteiger partial charge in [-0.1, -0.05) is 102 Å². The van der Waals surface area contributed by atoms with Crippen LogP contribution in [0, 0.1) is 18.3 Å². The van der Waals surface area contributed by atoms with Gasteiger partial charge in [-0.05, 0) is 152 Å². The molecule has 4 aromatic rings. The van der Waals surface area contributed by atoms with E-state index < -0.39 is 0 Å². The fourth-order valence-corrected chi connectivity index (χ4v) is 13.7. The van der Waals surface area contributed by atoms with E-state index in [-0.39, 0.29) is 23.0 Å². The molecule has 1 spiro atoms. The Labute approximate surface area is 432 Å². The number of nitrogens with one attached hydrogen (secondary N) is 1. The van der Waals surface area contributed by atoms with Crippen molar-refractivity contribution in [3.63, 3.8) is 0 Å². The quantitative estimate of drug-likeness (QED) is 0.0719. The van der Waals surface area contributed by atoms with Crippen molar-refractivity contribution in [1.29, 1.82) is 0 Å². The van der Waals surface area contributed by atoms with Crippen molar-refractivity contribution in [2.45, 2.75) is 148 Å². The van der Waals surface area contributed by atoms with Crippen molar-refractivity contribution in [2.24, 2.45) is 22.2 Å². The summed E-state index contributed by atoms with van der Waals surface area (Å²) in [5.74, 6) is 7.77. The fraction of sp³-hybridized carbons (Fsp3) is 0.554. The minimum Gasteiger partial charge on any atom is -0.392 e. The number of amides is 1. The molecule has 4 fully saturated rings. The number of aryl methyl sites for hydroxylation is 1. The van der Waals surface area contributed by atoms with Crippen molar-refractivity contribution >= 4 is 71.0 Å². The van der Waals surface area contributed by atoms with Gasteiger partial charge in [-0.2, -0.15) is 0 Å². The monoisotopic (exact) mass is 1050 g/mol. The number of aromatic nitrogens is 1. The molecule has 3 aliphatic heterocycles. The lowest BCUT2D eigenvalue weighted by molar-refractivity contribution is -0.110. The van der Waals surface area contributed by atoms with Gasteiger partial charge in [-0.15, -0.1) is 11.3 Å². The standard InChI is InChI=1S/C33H42BrN3O.C13H14N2OS.C10H21N2O2P/c1-35-32-33(17-6-3-7-18-33)28-14-13-26(21-31(28)37(32)30-12-8-11-29(34)27(30)23-38)25-15-19-36(20-16-25)22-24-9-4-2-5-10-24;1-9(14-7-16)11-3-5-12(6-4-11)13-10(2)15-8-17-13;1-10(2,3)6-9(15-14-11)12-5-4-8(13)7-12/h8,11-14,21,23-25H,2-7,9-10,15-20,22H2,1H3;3-9H,1-2H3,(H,14,16);8,13H,4-7,11H2,1-3H3/t;9-;/m.0./s1. The first-order valence-corrected chi connectivity index (χ1v) is 28.2. The van der Waals surface area contributed by atoms with Gasteiger partial charge in [0.15, 0.2) is 6.29 Å². The summed E-state index contributed by atoms with van der Waals surface area (Å²) in [6.45, 7) is 15.9. The number of piperidine rings is 1. The molecule has 4 heterocycles. The van der Waals surface area contributed by atoms with Crippen LogP contribution in [0.5, 0.6) is 0 Å². The first kappa shape index (κ1) is 54.1. The number of nitrogens with zero attached hydrogens (tertiary/aromatic N) is 5. The molecule has 11 nitrogen and oxygen atoms in total. The molecule has 2 saturated heterocycles. The number of likely N-dealkylation sites (tertiary alicyclic amines) is 2. The third-order valence-corrected chi connectivity index (χ3v) is 17.6. The second-order valence-corrected chi connectivity index (χ2v) is 23.9. The molecule has 14 heteroatoms. The van der Waals surface area contributed by atoms with E-state index in [9.17, 15) is 14.7 Å². The lowest BCUT2D eigenvalue weighted by Gasteiger charge is -2.36. The summed E-state index contributed by atoms with van der Waals surface area (Å²) in [6, 6.07) is 21.6. The molecule has 1 aromatic heterocycles. The minimum atomic E-state index is -0.201. The van der Waals surface area contributed by atoms with Gasteiger partial charge in [-0.25, -0.2) is 15.5 Å². The van der Waals surface area contributed by atoms with Gasteiger partial charge in [0.1, 0.15) is 5.84 Å². The Bertz CT molecular complexity index is 2400. The predicted octanol–water partition coefficient (Wildman–Crippen LogP) is 12.7. The topological polar surface area (TPSA) is 137 Å². The van der Waals surface area contributed by atoms with Gasteiger partial charge >= 0.3 is 0 Å². The van der Waals surface area contributed by atoms with Crippen LogP contribution in [0.1, 0.15) is 162 Å². The number of carbonyl (C=O) groups is 2. The Morgan fingerprint density at radius 1 is 0.986 bits per heavy atom. The number of thiazole rings is 1. The van der Waals surface area contributed by atoms with E-state index in [0.717, 1.165) is 78.1 Å². The molecular formula is C56H77BrN7O4PS. The zero-order valence-electron chi connectivity index (χ0n) is 42.5. The summed E-state index contributed by atoms with van der Waals surface area (Å²) in [7, 11) is 2.65. The van der Waals surface area contributed by atoms with Crippen LogP contribution in [0.4, 0.5) is 11.4 Å². The van der Waals surface area contributed by atoms with Gasteiger partial charge in [-0.3, -0.25) is 24.4 Å². The number of rotatable bonds is 12. The minimum absolute atomic E-state index is 0.0455. The van der Waals surface area contributed by atoms with E-state index >= 15 is 0 Å². The average molecular weight is 1060 g/mol. The maximum Gasteiger partial charge on any atom is 0.207 e. The smallest absolute Gasteiger partial charge is 0.207 e. The number of hydrogen-bond acceptors (Lipinski definition) is 9. The Morgan fingerprint density at radius 3 is 2.30 bits per heavy atom. The van der Waals surface area contributed by atoms with Crippen LogP contribution in [0.25, 0.3) is 10.4 Å². The SMILES string of the molecule is CC(C)(C)CC(=PON)N1CCC(O)C1.CN=C1N(c2cccc(Br)c2C=O)c2cc(C3CCN(CC4CCCCC4)CC3)ccc2C12CCCCC2.Cc1ncsc1-c1ccc([C@H](C)NC=O)cc1. The number of β-amino-alcohol motifs (C(OH)–C–C–N with tert-alkyl or cyclic N) is 1. The number of nitrogens with two attached hydrogens (primary N) is 1. The second-order valence-electron chi connectivity index (χ2n) is 21.3. The Morgan fingerprint density at radius 2 is 1.70 bits per heavy atom. The highest BCUT2D eigenvalue weighted by Crippen LogP contribution is 2.54. The van der Waals surface area contributed by atoms with Crippen LogP contribution in [0.2, 0.25) is 0 Å². The number of carbonyl (C=O) groups excluding carboxylic acids is 2. The summed E-state index contributed by atoms with van der Waals surface area (Å²) in [5.41, 5.74) is 12.3. The fourth-order valence-electron chi connectivity index (χ4n) is 11.5. The number of amidine groups is 1. The third-order valence-electron chi connectivity index (χ3n) is 15.1. The molecule has 1 amide bonds. The maximum atomic E-state index is 12.3. The lowest BCUT2D eigenvalue weighted by atomic mass is 9.69. The summed E-state index contributed by atoms with van der Waals surface area (Å²) in [4.78, 5) is 40.3. The molecule has 5 aliphatic rings. The number of aldehydes is 1. The van der Waals surface area contributed by atoms with Gasteiger partial charge in [0.05, 0.1) is 59.0 Å². The van der Waals surface area contributed by atoms with Gasteiger partial charge < -0.3 is 15.3 Å². The highest BCUT2D eigenvalue weighted by molar-refractivity contribution is 9.10. The Kier molecular flexibility index (Phi) is 19.6. The highest BCUT2D eigenvalue weighted by atomic mass is 79.9. The van der Waals surface area contributed by atoms with Gasteiger partial charge in [0, 0.05) is 36.6 Å². The number of benzene rings is 3. The number of halogens is 1. The first-order chi connectivity index (χ1) is 33.8. The molecule has 1 unspecified atom stereocenters. The van der Waals surface area contributed by atoms with Crippen LogP contribution in [0.3, 0.4) is 0 Å². The van der Waals surface area contributed by atoms with Gasteiger partial charge in [0.25, 0.3) is 0 Å². The van der Waals surface area contributed by atoms with Crippen molar-refractivity contribution < 1.29 is 19.3 Å². The number of aliphatic hydroxyl groups excluding tert-OH is 1. The lowest BCUT2D eigenvalue weighted by Crippen LogP contribution is -2.40. The van der Waals surface area contributed by atoms with Crippen molar-refractivity contribution in [1.82, 2.24) is 20.1 Å². The molecule has 378 valence electrons. The summed E-state index contributed by atoms with van der Waals surface area (Å²) < 4.78 is 5.55. The maximum absolute atomic E-state index is 12.3. The Hall–Kier alpha value is -3.65. The number of anilines is 2. The summed E-state index contributed by atoms with van der Waals surface area (Å²) >= 11 is 5.28. The Balaban J connectivity index is 0.000000186. The third kappa shape index (κ3) is 13.3. The van der Waals surface area contributed by atoms with Crippen molar-refractivity contribution in [3.8, 4) is 10.4 Å². The molecule has 3 aromatic carbocycles. The van der Waals surface area contributed by atoms with E-state index in [1.165, 1.54) is 117 Å². The van der Waals surface area contributed by atoms with Gasteiger partial charge in [0.2, 0.25) is 6.41 Å². The van der Waals surface area contributed by atoms with E-state index in [4.69, 9.17) is 15.5 Å².